The second-order valence-electron chi connectivity index (χ2n) is 4.55. The zero-order valence-corrected chi connectivity index (χ0v) is 9.84. The van der Waals surface area contributed by atoms with Crippen molar-refractivity contribution in [2.45, 2.75) is 45.6 Å². The van der Waals surface area contributed by atoms with Gasteiger partial charge in [-0.2, -0.15) is 0 Å². The molecule has 1 aliphatic carbocycles. The minimum atomic E-state index is 0.606. The Balaban J connectivity index is 2.24. The van der Waals surface area contributed by atoms with Gasteiger partial charge in [0.25, 0.3) is 0 Å². The summed E-state index contributed by atoms with van der Waals surface area (Å²) in [5.41, 5.74) is 4.60. The molecule has 0 aromatic heterocycles. The third kappa shape index (κ3) is 2.23. The lowest BCUT2D eigenvalue weighted by Gasteiger charge is -2.28. The fraction of sp³-hybridized carbons (Fsp3) is 0.571. The van der Waals surface area contributed by atoms with Crippen LogP contribution in [0.1, 0.15) is 48.9 Å². The van der Waals surface area contributed by atoms with Crippen molar-refractivity contribution in [3.8, 4) is 0 Å². The fourth-order valence-corrected chi connectivity index (χ4v) is 2.62. The van der Waals surface area contributed by atoms with Gasteiger partial charge in [-0.15, -0.1) is 0 Å². The van der Waals surface area contributed by atoms with Crippen molar-refractivity contribution in [1.29, 1.82) is 0 Å². The van der Waals surface area contributed by atoms with E-state index in [-0.39, 0.29) is 0 Å². The molecule has 0 spiro atoms. The number of fused-ring (bicyclic) bond motifs is 1. The topological polar surface area (TPSA) is 12.0 Å². The molecule has 0 aliphatic heterocycles. The van der Waals surface area contributed by atoms with Crippen LogP contribution < -0.4 is 5.32 Å². The van der Waals surface area contributed by atoms with Crippen LogP contribution in [0, 0.1) is 6.92 Å². The van der Waals surface area contributed by atoms with Crippen molar-refractivity contribution in [3.05, 3.63) is 34.9 Å². The van der Waals surface area contributed by atoms with E-state index in [1.807, 2.05) is 0 Å². The molecule has 1 N–H and O–H groups in total. The fourth-order valence-electron chi connectivity index (χ4n) is 2.62. The highest BCUT2D eigenvalue weighted by molar-refractivity contribution is 5.38. The van der Waals surface area contributed by atoms with Gasteiger partial charge < -0.3 is 5.32 Å². The third-order valence-corrected chi connectivity index (χ3v) is 3.34. The number of aryl methyl sites for hydroxylation is 2. The zero-order valence-electron chi connectivity index (χ0n) is 9.84. The summed E-state index contributed by atoms with van der Waals surface area (Å²) in [5.74, 6) is 0. The van der Waals surface area contributed by atoms with Crippen molar-refractivity contribution >= 4 is 0 Å². The van der Waals surface area contributed by atoms with E-state index in [0.717, 1.165) is 6.54 Å². The van der Waals surface area contributed by atoms with Crippen LogP contribution in [-0.2, 0) is 6.42 Å². The molecule has 2 rings (SSSR count). The molecule has 1 atom stereocenters. The molecule has 0 saturated heterocycles. The maximum atomic E-state index is 3.67. The lowest BCUT2D eigenvalue weighted by atomic mass is 9.85. The molecular formula is C14H21N. The van der Waals surface area contributed by atoms with Crippen LogP contribution in [0.25, 0.3) is 0 Å². The van der Waals surface area contributed by atoms with Crippen LogP contribution in [0.15, 0.2) is 18.2 Å². The van der Waals surface area contributed by atoms with E-state index < -0.39 is 0 Å². The molecule has 1 heteroatoms. The van der Waals surface area contributed by atoms with Crippen molar-refractivity contribution < 1.29 is 0 Å². The van der Waals surface area contributed by atoms with E-state index in [0.29, 0.717) is 6.04 Å². The Bertz CT molecular complexity index is 330. The summed E-state index contributed by atoms with van der Waals surface area (Å²) in [7, 11) is 0. The Morgan fingerprint density at radius 1 is 1.40 bits per heavy atom. The van der Waals surface area contributed by atoms with Gasteiger partial charge in [0.1, 0.15) is 0 Å². The Hall–Kier alpha value is -0.820. The third-order valence-electron chi connectivity index (χ3n) is 3.34. The summed E-state index contributed by atoms with van der Waals surface area (Å²) < 4.78 is 0. The molecule has 0 saturated carbocycles. The quantitative estimate of drug-likeness (QED) is 0.794. The van der Waals surface area contributed by atoms with Crippen molar-refractivity contribution in [1.82, 2.24) is 5.32 Å². The van der Waals surface area contributed by atoms with E-state index >= 15 is 0 Å². The first kappa shape index (κ1) is 10.7. The largest absolute Gasteiger partial charge is 0.310 e. The highest BCUT2D eigenvalue weighted by Crippen LogP contribution is 2.31. The maximum absolute atomic E-state index is 3.67. The molecule has 15 heavy (non-hydrogen) atoms. The van der Waals surface area contributed by atoms with E-state index in [1.165, 1.54) is 31.2 Å². The first-order valence-corrected chi connectivity index (χ1v) is 6.14. The number of rotatable bonds is 3. The minimum absolute atomic E-state index is 0.606. The average Bonchev–Trinajstić information content (AvgIpc) is 2.26. The van der Waals surface area contributed by atoms with Crippen LogP contribution >= 0.6 is 0 Å². The zero-order chi connectivity index (χ0) is 10.7. The van der Waals surface area contributed by atoms with Gasteiger partial charge in [0.15, 0.2) is 0 Å². The lowest BCUT2D eigenvalue weighted by Crippen LogP contribution is -2.26. The summed E-state index contributed by atoms with van der Waals surface area (Å²) in [6.07, 6.45) is 5.12. The molecule has 1 aromatic carbocycles. The van der Waals surface area contributed by atoms with Gasteiger partial charge in [-0.1, -0.05) is 25.1 Å². The molecule has 0 heterocycles. The average molecular weight is 203 g/mol. The first-order chi connectivity index (χ1) is 7.33. The molecule has 82 valence electrons. The van der Waals surface area contributed by atoms with Crippen molar-refractivity contribution in [3.63, 3.8) is 0 Å². The smallest absolute Gasteiger partial charge is 0.0325 e. The molecule has 1 nitrogen and oxygen atoms in total. The molecule has 0 radical (unpaired) electrons. The van der Waals surface area contributed by atoms with Gasteiger partial charge in [-0.05, 0) is 55.8 Å². The van der Waals surface area contributed by atoms with E-state index in [9.17, 15) is 0 Å². The van der Waals surface area contributed by atoms with Crippen LogP contribution in [0.5, 0.6) is 0 Å². The van der Waals surface area contributed by atoms with Gasteiger partial charge >= 0.3 is 0 Å². The van der Waals surface area contributed by atoms with E-state index in [2.05, 4.69) is 37.4 Å². The van der Waals surface area contributed by atoms with Crippen LogP contribution in [0.3, 0.4) is 0 Å². The summed E-state index contributed by atoms with van der Waals surface area (Å²) in [4.78, 5) is 0. The summed E-state index contributed by atoms with van der Waals surface area (Å²) in [6.45, 7) is 5.61. The Labute approximate surface area is 92.9 Å². The van der Waals surface area contributed by atoms with Gasteiger partial charge in [0.2, 0.25) is 0 Å². The van der Waals surface area contributed by atoms with Gasteiger partial charge in [0, 0.05) is 6.04 Å². The van der Waals surface area contributed by atoms with Gasteiger partial charge in [-0.25, -0.2) is 0 Å². The van der Waals surface area contributed by atoms with E-state index in [1.54, 1.807) is 11.1 Å². The van der Waals surface area contributed by atoms with Gasteiger partial charge in [-0.3, -0.25) is 0 Å². The lowest BCUT2D eigenvalue weighted by molar-refractivity contribution is 0.458. The summed E-state index contributed by atoms with van der Waals surface area (Å²) in [5, 5.41) is 3.67. The maximum Gasteiger partial charge on any atom is 0.0325 e. The standard InChI is InChI=1S/C14H21N/c1-3-10-15-13-9-5-8-12-7-4-6-11(2)14(12)13/h4,6-7,13,15H,3,5,8-10H2,1-2H3. The SMILES string of the molecule is CCCNC1CCCc2cccc(C)c21. The Kier molecular flexibility index (Phi) is 3.42. The monoisotopic (exact) mass is 203 g/mol. The summed E-state index contributed by atoms with van der Waals surface area (Å²) in [6, 6.07) is 7.33. The second-order valence-corrected chi connectivity index (χ2v) is 4.55. The molecule has 1 aromatic rings. The number of hydrogen-bond acceptors (Lipinski definition) is 1. The highest BCUT2D eigenvalue weighted by Gasteiger charge is 2.20. The molecule has 1 unspecified atom stereocenters. The molecular weight excluding hydrogens is 182 g/mol. The van der Waals surface area contributed by atoms with Crippen LogP contribution in [-0.4, -0.2) is 6.54 Å². The van der Waals surface area contributed by atoms with Gasteiger partial charge in [0.05, 0.1) is 0 Å². The van der Waals surface area contributed by atoms with Crippen molar-refractivity contribution in [2.75, 3.05) is 6.54 Å². The molecule has 0 bridgehead atoms. The molecule has 0 amide bonds. The Morgan fingerprint density at radius 3 is 3.07 bits per heavy atom. The van der Waals surface area contributed by atoms with Crippen LogP contribution in [0.2, 0.25) is 0 Å². The van der Waals surface area contributed by atoms with Crippen molar-refractivity contribution in [2.24, 2.45) is 0 Å². The van der Waals surface area contributed by atoms with E-state index in [4.69, 9.17) is 0 Å². The predicted molar refractivity (Wildman–Crippen MR) is 65.2 cm³/mol. The first-order valence-electron chi connectivity index (χ1n) is 6.14. The number of benzene rings is 1. The minimum Gasteiger partial charge on any atom is -0.310 e. The predicted octanol–water partition coefficient (Wildman–Crippen LogP) is 3.37. The summed E-state index contributed by atoms with van der Waals surface area (Å²) >= 11 is 0. The number of hydrogen-bond donors (Lipinski definition) is 1. The Morgan fingerprint density at radius 2 is 2.27 bits per heavy atom. The molecule has 0 fully saturated rings. The molecule has 1 aliphatic rings. The number of nitrogens with one attached hydrogen (secondary N) is 1. The highest BCUT2D eigenvalue weighted by atomic mass is 14.9. The van der Waals surface area contributed by atoms with Crippen LogP contribution in [0.4, 0.5) is 0 Å². The normalized spacial score (nSPS) is 20.0. The second kappa shape index (κ2) is 4.80.